The molecule has 0 bridgehead atoms. The average molecular weight is 1300 g/mol. The van der Waals surface area contributed by atoms with Gasteiger partial charge in [-0.05, 0) is 57.8 Å². The van der Waals surface area contributed by atoms with Crippen molar-refractivity contribution in [3.05, 3.63) is 12.2 Å². The van der Waals surface area contributed by atoms with Crippen molar-refractivity contribution in [1.29, 1.82) is 0 Å². The number of aliphatic hydroxyl groups is 1. The second-order valence-electron chi connectivity index (χ2n) is 25.0. The van der Waals surface area contributed by atoms with Crippen molar-refractivity contribution >= 4 is 21.3 Å². The molecule has 0 radical (unpaired) electrons. The number of amides is 1. The first-order chi connectivity index (χ1) is 42.6. The number of unbranched alkanes of at least 4 members (excludes halogenated alkanes) is 33. The minimum absolute atomic E-state index is 0.0643. The Morgan fingerprint density at radius 2 is 0.920 bits per heavy atom. The van der Waals surface area contributed by atoms with Gasteiger partial charge in [0.25, 0.3) is 0 Å². The van der Waals surface area contributed by atoms with Crippen LogP contribution < -0.4 is 5.32 Å². The lowest BCUT2D eigenvalue weighted by Crippen LogP contribution is -2.67. The first-order valence-electron chi connectivity index (χ1n) is 35.4. The van der Waals surface area contributed by atoms with E-state index in [1.807, 2.05) is 0 Å². The Balaban J connectivity index is 2.41. The summed E-state index contributed by atoms with van der Waals surface area (Å²) in [5.41, 5.74) is 0. The predicted octanol–water partition coefficient (Wildman–Crippen LogP) is 15.4. The largest absolute Gasteiger partial charge is 0.470 e. The highest BCUT2D eigenvalue weighted by molar-refractivity contribution is 7.51. The fraction of sp³-hybridized carbons (Fsp3) is 0.955. The number of carbonyl (C=O) groups excluding carboxylic acids is 1. The molecule has 1 amide bonds. The third-order valence-corrected chi connectivity index (χ3v) is 18.0. The number of allylic oxidation sites excluding steroid dienone is 2. The molecule has 88 heavy (non-hydrogen) atoms. The van der Waals surface area contributed by atoms with Gasteiger partial charge < -0.3 is 72.6 Å². The Kier molecular flexibility index (Phi) is 51.3. The van der Waals surface area contributed by atoms with E-state index in [1.54, 1.807) is 7.11 Å². The minimum Gasteiger partial charge on any atom is -0.387 e. The molecule has 0 saturated carbocycles. The molecule has 0 unspecified atom stereocenters. The van der Waals surface area contributed by atoms with Gasteiger partial charge in [-0.3, -0.25) is 13.9 Å². The van der Waals surface area contributed by atoms with Crippen LogP contribution in [0.1, 0.15) is 291 Å². The van der Waals surface area contributed by atoms with Gasteiger partial charge in [0.1, 0.15) is 48.8 Å². The van der Waals surface area contributed by atoms with Crippen molar-refractivity contribution < 1.29 is 85.8 Å². The van der Waals surface area contributed by atoms with Crippen molar-refractivity contribution in [2.45, 2.75) is 358 Å². The highest BCUT2D eigenvalue weighted by Crippen LogP contribution is 2.43. The van der Waals surface area contributed by atoms with E-state index >= 15 is 0 Å². The topological polar surface area (TPSA) is 257 Å². The Hall–Kier alpha value is -0.930. The molecule has 0 aromatic carbocycles. The maximum absolute atomic E-state index is 14.2. The fourth-order valence-electron chi connectivity index (χ4n) is 11.8. The van der Waals surface area contributed by atoms with E-state index in [9.17, 15) is 38.6 Å². The van der Waals surface area contributed by atoms with Crippen molar-refractivity contribution in [2.24, 2.45) is 0 Å². The molecule has 11 atom stereocenters. The van der Waals surface area contributed by atoms with Gasteiger partial charge in [-0.2, -0.15) is 0 Å². The van der Waals surface area contributed by atoms with E-state index in [-0.39, 0.29) is 44.9 Å². The van der Waals surface area contributed by atoms with Crippen LogP contribution in [0.15, 0.2) is 12.2 Å². The Bertz CT molecular complexity index is 1740. The lowest BCUT2D eigenvalue weighted by molar-refractivity contribution is -0.328. The number of phosphoric acid groups is 1. The Morgan fingerprint density at radius 1 is 0.477 bits per heavy atom. The monoisotopic (exact) mass is 1300 g/mol. The number of hydrogen-bond donors (Lipinski definition) is 6. The number of hydrogen-bond acceptors (Lipinski definition) is 14. The summed E-state index contributed by atoms with van der Waals surface area (Å²) in [5, 5.41) is 15.4. The molecule has 2 aliphatic heterocycles. The molecule has 2 saturated heterocycles. The molecule has 0 aliphatic carbocycles. The van der Waals surface area contributed by atoms with E-state index in [0.717, 1.165) is 128 Å². The van der Waals surface area contributed by atoms with E-state index in [1.165, 1.54) is 110 Å². The van der Waals surface area contributed by atoms with Gasteiger partial charge in [-0.25, -0.2) is 4.57 Å². The highest BCUT2D eigenvalue weighted by atomic mass is 31.2. The summed E-state index contributed by atoms with van der Waals surface area (Å²) < 4.78 is 86.9. The van der Waals surface area contributed by atoms with Crippen LogP contribution >= 0.6 is 15.4 Å². The molecule has 0 aromatic heterocycles. The molecule has 2 aliphatic rings. The van der Waals surface area contributed by atoms with Gasteiger partial charge in [-0.15, -0.1) is 0 Å². The first kappa shape index (κ1) is 83.2. The summed E-state index contributed by atoms with van der Waals surface area (Å²) in [7, 11) is -6.89. The number of ether oxygens (including phenoxy) is 9. The normalized spacial score (nSPS) is 23.1. The molecule has 0 aromatic rings. The van der Waals surface area contributed by atoms with E-state index < -0.39 is 89.7 Å². The third-order valence-electron chi connectivity index (χ3n) is 17.0. The van der Waals surface area contributed by atoms with Crippen molar-refractivity contribution in [1.82, 2.24) is 5.32 Å². The lowest BCUT2D eigenvalue weighted by Gasteiger charge is -2.47. The molecule has 522 valence electrons. The van der Waals surface area contributed by atoms with Crippen LogP contribution in [0.3, 0.4) is 0 Å². The molecule has 21 heteroatoms. The fourth-order valence-corrected chi connectivity index (χ4v) is 12.7. The molecule has 6 N–H and O–H groups in total. The predicted molar refractivity (Wildman–Crippen MR) is 349 cm³/mol. The Labute approximate surface area is 534 Å². The SMILES string of the molecule is CCCCCC/C=C\CCCCCCCCCC(=O)N[C@H]1[C@H](OC[C@H]2O[C@@H](OCP(=O)(O)O)[C@H](OCCCCCCCCCCCCCC)[C@@H](OCCCCCCCCCC)[C@@H]2O)O[C@H](COC)[C@@H](OP(=O)(O)O)[C@@H]1OCC[C@@H](CCCCCCC)OC. The van der Waals surface area contributed by atoms with Crippen LogP contribution in [0.2, 0.25) is 0 Å². The van der Waals surface area contributed by atoms with Gasteiger partial charge in [0.05, 0.1) is 19.3 Å². The summed E-state index contributed by atoms with van der Waals surface area (Å²) in [4.78, 5) is 55.0. The molecule has 0 spiro atoms. The lowest BCUT2D eigenvalue weighted by atomic mass is 9.95. The van der Waals surface area contributed by atoms with Crippen molar-refractivity contribution in [3.63, 3.8) is 0 Å². The summed E-state index contributed by atoms with van der Waals surface area (Å²) in [6, 6.07) is -1.22. The van der Waals surface area contributed by atoms with E-state index in [2.05, 4.69) is 45.2 Å². The highest BCUT2D eigenvalue weighted by Gasteiger charge is 2.53. The van der Waals surface area contributed by atoms with Gasteiger partial charge in [-0.1, -0.05) is 239 Å². The zero-order valence-electron chi connectivity index (χ0n) is 56.2. The number of aliphatic hydroxyl groups excluding tert-OH is 1. The second-order valence-corrected chi connectivity index (χ2v) is 27.8. The standard InChI is InChI=1S/C67H131NO18P2/c1-7-11-15-19-22-25-27-29-30-31-32-34-36-40-44-48-59(69)68-60-63(81-52-49-56(78-6)47-43-39-18-14-10-4)62(86-88(74,75)76)58(53-77-5)85-66(60)82-54-57-61(70)64(79-50-45-41-37-24-21-17-13-9-3)65(67(84-57)83-55-87(71,72)73)80-51-46-42-38-35-33-28-26-23-20-16-12-8-2/h25,27,56-58,60-67,70H,7-24,26,28-55H2,1-6H3,(H,68,69)(H2,71,72,73)(H2,74,75,76)/b27-25-/t56-,57-,58-,60-,61-,62-,63-,64+,65-,66-,67-/m1/s1. The molecule has 2 heterocycles. The molecule has 2 rings (SSSR count). The maximum Gasteiger partial charge on any atom is 0.470 e. The molecular weight excluding hydrogens is 1170 g/mol. The maximum atomic E-state index is 14.2. The summed E-state index contributed by atoms with van der Waals surface area (Å²) in [6.45, 7) is 8.79. The number of nitrogens with one attached hydrogen (secondary N) is 1. The van der Waals surface area contributed by atoms with Gasteiger partial charge in [0.2, 0.25) is 5.91 Å². The van der Waals surface area contributed by atoms with E-state index in [0.29, 0.717) is 25.7 Å². The van der Waals surface area contributed by atoms with Gasteiger partial charge in [0, 0.05) is 40.5 Å². The zero-order valence-corrected chi connectivity index (χ0v) is 58.0. The number of carbonyl (C=O) groups is 1. The smallest absolute Gasteiger partial charge is 0.387 e. The number of methoxy groups -OCH3 is 2. The van der Waals surface area contributed by atoms with Crippen molar-refractivity contribution in [2.75, 3.05) is 53.6 Å². The zero-order chi connectivity index (χ0) is 64.4. The third kappa shape index (κ3) is 41.7. The molecule has 2 fully saturated rings. The van der Waals surface area contributed by atoms with Crippen LogP contribution in [0.25, 0.3) is 0 Å². The number of rotatable bonds is 61. The quantitative estimate of drug-likeness (QED) is 0.0188. The Morgan fingerprint density at radius 3 is 1.41 bits per heavy atom. The van der Waals surface area contributed by atoms with Gasteiger partial charge >= 0.3 is 15.4 Å². The van der Waals surface area contributed by atoms with Crippen LogP contribution in [0.4, 0.5) is 0 Å². The average Bonchev–Trinajstić information content (AvgIpc) is 1.63. The van der Waals surface area contributed by atoms with Crippen LogP contribution in [0, 0.1) is 0 Å². The van der Waals surface area contributed by atoms with Crippen LogP contribution in [0.5, 0.6) is 0 Å². The van der Waals surface area contributed by atoms with Crippen LogP contribution in [-0.4, -0.2) is 152 Å². The second kappa shape index (κ2) is 54.3. The summed E-state index contributed by atoms with van der Waals surface area (Å²) in [6.07, 6.45) is 35.4. The minimum atomic E-state index is -5.22. The molecular formula is C67H131NO18P2. The van der Waals surface area contributed by atoms with Crippen LogP contribution in [-0.2, 0) is 61.1 Å². The summed E-state index contributed by atoms with van der Waals surface area (Å²) in [5.74, 6) is -0.360. The summed E-state index contributed by atoms with van der Waals surface area (Å²) >= 11 is 0. The number of phosphoric ester groups is 1. The van der Waals surface area contributed by atoms with E-state index in [4.69, 9.17) is 47.2 Å². The van der Waals surface area contributed by atoms with Gasteiger partial charge in [0.15, 0.2) is 18.9 Å². The first-order valence-corrected chi connectivity index (χ1v) is 38.8. The molecule has 19 nitrogen and oxygen atoms in total. The van der Waals surface area contributed by atoms with Crippen molar-refractivity contribution in [3.8, 4) is 0 Å².